The van der Waals surface area contributed by atoms with Crippen molar-refractivity contribution in [2.75, 3.05) is 6.54 Å². The molecular formula is C22H25F3N6O. The first-order valence-corrected chi connectivity index (χ1v) is 11.1. The molecule has 5 rings (SSSR count). The lowest BCUT2D eigenvalue weighted by Gasteiger charge is -2.26. The first kappa shape index (κ1) is 21.1. The van der Waals surface area contributed by atoms with Crippen molar-refractivity contribution in [3.63, 3.8) is 0 Å². The van der Waals surface area contributed by atoms with E-state index in [4.69, 9.17) is 0 Å². The van der Waals surface area contributed by atoms with Crippen LogP contribution in [0.2, 0.25) is 0 Å². The maximum absolute atomic E-state index is 13.4. The lowest BCUT2D eigenvalue weighted by atomic mass is 10.1. The minimum atomic E-state index is -4.52. The number of likely N-dealkylation sites (tertiary alicyclic amines) is 1. The quantitative estimate of drug-likeness (QED) is 0.613. The molecule has 2 aliphatic heterocycles. The monoisotopic (exact) mass is 446 g/mol. The van der Waals surface area contributed by atoms with Gasteiger partial charge in [0.1, 0.15) is 24.0 Å². The van der Waals surface area contributed by atoms with Crippen molar-refractivity contribution in [3.8, 4) is 0 Å². The smallest absolute Gasteiger partial charge is 0.314 e. The summed E-state index contributed by atoms with van der Waals surface area (Å²) in [7, 11) is 0. The van der Waals surface area contributed by atoms with Crippen molar-refractivity contribution >= 4 is 10.9 Å². The molecule has 0 bridgehead atoms. The predicted molar refractivity (Wildman–Crippen MR) is 112 cm³/mol. The summed E-state index contributed by atoms with van der Waals surface area (Å²) in [4.78, 5) is 19.7. The van der Waals surface area contributed by atoms with Crippen LogP contribution in [0.1, 0.15) is 55.6 Å². The molecule has 0 N–H and O–H groups in total. The highest BCUT2D eigenvalue weighted by Gasteiger charge is 2.36. The van der Waals surface area contributed by atoms with Gasteiger partial charge in [-0.25, -0.2) is 4.98 Å². The van der Waals surface area contributed by atoms with Gasteiger partial charge in [-0.2, -0.15) is 13.2 Å². The van der Waals surface area contributed by atoms with Crippen molar-refractivity contribution in [1.82, 2.24) is 29.2 Å². The van der Waals surface area contributed by atoms with Gasteiger partial charge < -0.3 is 4.57 Å². The molecule has 0 saturated carbocycles. The minimum Gasteiger partial charge on any atom is -0.314 e. The largest absolute Gasteiger partial charge is 0.406 e. The number of aryl methyl sites for hydroxylation is 1. The van der Waals surface area contributed by atoms with Crippen LogP contribution >= 0.6 is 0 Å². The fourth-order valence-electron chi connectivity index (χ4n) is 4.92. The van der Waals surface area contributed by atoms with Crippen LogP contribution in [0.5, 0.6) is 0 Å². The van der Waals surface area contributed by atoms with Gasteiger partial charge in [-0.1, -0.05) is 18.6 Å². The molecule has 170 valence electrons. The molecule has 1 aromatic carbocycles. The molecule has 1 unspecified atom stereocenters. The van der Waals surface area contributed by atoms with Gasteiger partial charge in [-0.05, 0) is 44.4 Å². The number of benzene rings is 1. The van der Waals surface area contributed by atoms with Crippen LogP contribution in [-0.4, -0.2) is 41.9 Å². The third-order valence-corrected chi connectivity index (χ3v) is 6.42. The van der Waals surface area contributed by atoms with Gasteiger partial charge in [0.15, 0.2) is 0 Å². The molecular weight excluding hydrogens is 421 g/mol. The van der Waals surface area contributed by atoms with Crippen LogP contribution in [0, 0.1) is 0 Å². The number of hydrogen-bond donors (Lipinski definition) is 0. The number of aromatic nitrogens is 5. The van der Waals surface area contributed by atoms with E-state index in [0.29, 0.717) is 25.0 Å². The average molecular weight is 446 g/mol. The van der Waals surface area contributed by atoms with Crippen molar-refractivity contribution in [3.05, 3.63) is 52.1 Å². The molecule has 0 aliphatic carbocycles. The summed E-state index contributed by atoms with van der Waals surface area (Å²) in [5.74, 6) is 1.99. The average Bonchev–Trinajstić information content (AvgIpc) is 3.29. The van der Waals surface area contributed by atoms with E-state index in [1.165, 1.54) is 6.07 Å². The second-order valence-corrected chi connectivity index (χ2v) is 8.62. The Morgan fingerprint density at radius 2 is 1.88 bits per heavy atom. The molecule has 0 spiro atoms. The van der Waals surface area contributed by atoms with Crippen LogP contribution < -0.4 is 5.56 Å². The van der Waals surface area contributed by atoms with Crippen LogP contribution in [0.25, 0.3) is 10.9 Å². The van der Waals surface area contributed by atoms with Gasteiger partial charge in [0.05, 0.1) is 23.5 Å². The van der Waals surface area contributed by atoms with Crippen LogP contribution in [0.3, 0.4) is 0 Å². The lowest BCUT2D eigenvalue weighted by Crippen LogP contribution is -2.36. The van der Waals surface area contributed by atoms with Gasteiger partial charge in [0.2, 0.25) is 0 Å². The molecule has 2 aliphatic rings. The molecule has 10 heteroatoms. The van der Waals surface area contributed by atoms with E-state index in [1.54, 1.807) is 18.2 Å². The van der Waals surface area contributed by atoms with E-state index in [0.717, 1.165) is 54.9 Å². The van der Waals surface area contributed by atoms with E-state index in [-0.39, 0.29) is 17.3 Å². The molecule has 2 aromatic heterocycles. The summed E-state index contributed by atoms with van der Waals surface area (Å²) in [6, 6.07) is 6.20. The first-order chi connectivity index (χ1) is 15.4. The molecule has 1 fully saturated rings. The second kappa shape index (κ2) is 8.31. The topological polar surface area (TPSA) is 68.8 Å². The van der Waals surface area contributed by atoms with Crippen LogP contribution in [-0.2, 0) is 26.1 Å². The second-order valence-electron chi connectivity index (χ2n) is 8.62. The molecule has 7 nitrogen and oxygen atoms in total. The Kier molecular flexibility index (Phi) is 5.48. The minimum absolute atomic E-state index is 0.180. The molecule has 1 atom stereocenters. The van der Waals surface area contributed by atoms with Gasteiger partial charge >= 0.3 is 6.18 Å². The zero-order chi connectivity index (χ0) is 22.3. The molecule has 3 aromatic rings. The predicted octanol–water partition coefficient (Wildman–Crippen LogP) is 3.61. The fraction of sp³-hybridized carbons (Fsp3) is 0.545. The van der Waals surface area contributed by atoms with E-state index in [1.807, 2.05) is 0 Å². The van der Waals surface area contributed by atoms with Gasteiger partial charge in [0, 0.05) is 13.0 Å². The third-order valence-electron chi connectivity index (χ3n) is 6.42. The number of hydrogen-bond acceptors (Lipinski definition) is 5. The summed E-state index contributed by atoms with van der Waals surface area (Å²) in [5.41, 5.74) is -0.222. The van der Waals surface area contributed by atoms with Crippen LogP contribution in [0.15, 0.2) is 29.1 Å². The third kappa shape index (κ3) is 4.03. The van der Waals surface area contributed by atoms with Gasteiger partial charge in [0.25, 0.3) is 5.56 Å². The van der Waals surface area contributed by atoms with E-state index in [2.05, 4.69) is 24.6 Å². The van der Waals surface area contributed by atoms with E-state index < -0.39 is 18.3 Å². The molecule has 4 heterocycles. The van der Waals surface area contributed by atoms with Gasteiger partial charge in [-0.15, -0.1) is 10.2 Å². The molecule has 0 amide bonds. The highest BCUT2D eigenvalue weighted by Crippen LogP contribution is 2.33. The van der Waals surface area contributed by atoms with Crippen molar-refractivity contribution in [1.29, 1.82) is 0 Å². The number of alkyl halides is 3. The lowest BCUT2D eigenvalue weighted by molar-refractivity contribution is -0.142. The van der Waals surface area contributed by atoms with E-state index >= 15 is 0 Å². The molecule has 32 heavy (non-hydrogen) atoms. The highest BCUT2D eigenvalue weighted by atomic mass is 19.4. The number of halogens is 3. The summed E-state index contributed by atoms with van der Waals surface area (Å²) >= 11 is 0. The number of nitrogens with zero attached hydrogens (tertiary/aromatic N) is 6. The Hall–Kier alpha value is -2.75. The standard InChI is InChI=1S/C22H25F3N6O/c23-22(24,25)14-31-20(26-16-8-4-3-7-15(16)21(31)32)17-9-6-11-29(17)13-19-28-27-18-10-2-1-5-12-30(18)19/h3-4,7-8,17H,1-2,5-6,9-14H2. The Morgan fingerprint density at radius 3 is 2.72 bits per heavy atom. The van der Waals surface area contributed by atoms with E-state index in [9.17, 15) is 18.0 Å². The molecule has 0 radical (unpaired) electrons. The zero-order valence-corrected chi connectivity index (χ0v) is 17.7. The summed E-state index contributed by atoms with van der Waals surface area (Å²) in [6.07, 6.45) is 1.15. The normalized spacial score (nSPS) is 19.9. The number of para-hydroxylation sites is 1. The van der Waals surface area contributed by atoms with Crippen molar-refractivity contribution in [2.45, 2.75) is 70.4 Å². The van der Waals surface area contributed by atoms with Crippen LogP contribution in [0.4, 0.5) is 13.2 Å². The summed E-state index contributed by atoms with van der Waals surface area (Å²) in [5, 5.41) is 8.93. The van der Waals surface area contributed by atoms with Crippen molar-refractivity contribution in [2.24, 2.45) is 0 Å². The Balaban J connectivity index is 1.53. The molecule has 1 saturated heterocycles. The fourth-order valence-corrected chi connectivity index (χ4v) is 4.92. The Labute approximate surface area is 182 Å². The van der Waals surface area contributed by atoms with Gasteiger partial charge in [-0.3, -0.25) is 14.3 Å². The maximum atomic E-state index is 13.4. The summed E-state index contributed by atoms with van der Waals surface area (Å²) < 4.78 is 43.2. The maximum Gasteiger partial charge on any atom is 0.406 e. The van der Waals surface area contributed by atoms with Crippen molar-refractivity contribution < 1.29 is 13.2 Å². The SMILES string of the molecule is O=c1c2ccccc2nc(C2CCCN2Cc2nnc3n2CCCCC3)n1CC(F)(F)F. The Bertz CT molecular complexity index is 1180. The highest BCUT2D eigenvalue weighted by molar-refractivity contribution is 5.77. The Morgan fingerprint density at radius 1 is 1.03 bits per heavy atom. The number of fused-ring (bicyclic) bond motifs is 2. The first-order valence-electron chi connectivity index (χ1n) is 11.1. The zero-order valence-electron chi connectivity index (χ0n) is 17.7. The summed E-state index contributed by atoms with van der Waals surface area (Å²) in [6.45, 7) is 0.709. The number of rotatable bonds is 4.